The Hall–Kier alpha value is -5.06. The molecule has 16 nitrogen and oxygen atoms in total. The van der Waals surface area contributed by atoms with Crippen molar-refractivity contribution < 1.29 is 43.2 Å². The van der Waals surface area contributed by atoms with Crippen LogP contribution in [0.5, 0.6) is 0 Å². The number of nitrogens with zero attached hydrogens (tertiary/aromatic N) is 2. The van der Waals surface area contributed by atoms with E-state index in [1.54, 1.807) is 24.3 Å². The summed E-state index contributed by atoms with van der Waals surface area (Å²) in [6.07, 6.45) is 11.3. The Labute approximate surface area is 349 Å². The van der Waals surface area contributed by atoms with Crippen LogP contribution in [0.25, 0.3) is 0 Å². The van der Waals surface area contributed by atoms with Gasteiger partial charge < -0.3 is 26.6 Å². The van der Waals surface area contributed by atoms with Gasteiger partial charge in [-0.1, -0.05) is 37.5 Å². The number of thioether (sulfide) groups is 1. The molecule has 1 saturated carbocycles. The van der Waals surface area contributed by atoms with Crippen LogP contribution in [0.15, 0.2) is 42.5 Å². The SMILES string of the molecule is O=C(CCCCCN1C(=O)CC(SCCCCCC(NC(=O)C2CCC(=O)N2)C(=O)Nc2ccccc2)C1=O)NCC1CCC(C(=O)NCCN2C(=O)C=CC2=O)CC1. The molecule has 0 radical (unpaired) electrons. The highest BCUT2D eigenvalue weighted by molar-refractivity contribution is 8.00. The number of para-hydroxylation sites is 1. The summed E-state index contributed by atoms with van der Waals surface area (Å²) in [7, 11) is 0. The molecule has 0 bridgehead atoms. The number of amides is 9. The molecule has 1 aromatic carbocycles. The van der Waals surface area contributed by atoms with Crippen molar-refractivity contribution in [1.29, 1.82) is 0 Å². The minimum absolute atomic E-state index is 0.0371. The Morgan fingerprint density at radius 1 is 0.780 bits per heavy atom. The molecule has 320 valence electrons. The normalized spacial score (nSPS) is 22.1. The van der Waals surface area contributed by atoms with Crippen LogP contribution in [-0.4, -0.2) is 112 Å². The van der Waals surface area contributed by atoms with E-state index < -0.39 is 17.3 Å². The maximum Gasteiger partial charge on any atom is 0.253 e. The standard InChI is InChI=1S/C42H57N7O9S/c50-34(44-27-28-14-16-29(17-15-28)39(55)43-22-24-48-36(52)20-21-37(48)53)13-7-2-8-23-49-38(54)26-33(42(49)58)59-25-9-3-6-12-31(40(56)45-30-10-4-1-5-11-30)47-41(57)32-18-19-35(51)46-32/h1,4-5,10-11,20-21,28-29,31-33H,2-3,6-9,12-19,22-27H2,(H,43,55)(H,44,50)(H,45,56)(H,46,51)(H,47,57). The highest BCUT2D eigenvalue weighted by Gasteiger charge is 2.38. The summed E-state index contributed by atoms with van der Waals surface area (Å²) < 4.78 is 0. The van der Waals surface area contributed by atoms with Gasteiger partial charge in [0.2, 0.25) is 41.4 Å². The van der Waals surface area contributed by atoms with E-state index in [4.69, 9.17) is 0 Å². The Bertz CT molecular complexity index is 1720. The van der Waals surface area contributed by atoms with Crippen LogP contribution >= 0.6 is 11.8 Å². The van der Waals surface area contributed by atoms with Crippen LogP contribution < -0.4 is 26.6 Å². The van der Waals surface area contributed by atoms with E-state index in [1.165, 1.54) is 28.8 Å². The van der Waals surface area contributed by atoms with Crippen molar-refractivity contribution >= 4 is 70.6 Å². The van der Waals surface area contributed by atoms with Gasteiger partial charge >= 0.3 is 0 Å². The van der Waals surface area contributed by atoms with Gasteiger partial charge in [0.25, 0.3) is 11.8 Å². The van der Waals surface area contributed by atoms with Crippen molar-refractivity contribution in [2.45, 2.75) is 114 Å². The first-order valence-corrected chi connectivity index (χ1v) is 22.0. The zero-order chi connectivity index (χ0) is 42.1. The van der Waals surface area contributed by atoms with Gasteiger partial charge in [0.15, 0.2) is 0 Å². The number of anilines is 1. The molecule has 0 spiro atoms. The molecule has 59 heavy (non-hydrogen) atoms. The Balaban J connectivity index is 0.889. The van der Waals surface area contributed by atoms with Gasteiger partial charge in [0.05, 0.1) is 5.25 Å². The molecule has 2 saturated heterocycles. The summed E-state index contributed by atoms with van der Waals surface area (Å²) in [6.45, 7) is 1.26. The van der Waals surface area contributed by atoms with Crippen LogP contribution in [0.4, 0.5) is 5.69 Å². The molecule has 17 heteroatoms. The number of nitrogens with one attached hydrogen (secondary N) is 5. The molecule has 5 rings (SSSR count). The van der Waals surface area contributed by atoms with Gasteiger partial charge in [-0.25, -0.2) is 0 Å². The number of hydrogen-bond donors (Lipinski definition) is 5. The number of imide groups is 2. The zero-order valence-corrected chi connectivity index (χ0v) is 34.4. The minimum Gasteiger partial charge on any atom is -0.356 e. The summed E-state index contributed by atoms with van der Waals surface area (Å²) in [4.78, 5) is 114. The number of carbonyl (C=O) groups excluding carboxylic acids is 9. The van der Waals surface area contributed by atoms with Crippen LogP contribution in [0.1, 0.15) is 96.3 Å². The van der Waals surface area contributed by atoms with E-state index in [1.807, 2.05) is 6.07 Å². The molecule has 1 aromatic rings. The van der Waals surface area contributed by atoms with E-state index in [0.29, 0.717) is 88.2 Å². The average molecular weight is 836 g/mol. The molecule has 3 unspecified atom stereocenters. The fourth-order valence-electron chi connectivity index (χ4n) is 7.77. The first-order chi connectivity index (χ1) is 28.5. The zero-order valence-electron chi connectivity index (χ0n) is 33.5. The predicted molar refractivity (Wildman–Crippen MR) is 220 cm³/mol. The first-order valence-electron chi connectivity index (χ1n) is 21.0. The molecule has 5 N–H and O–H groups in total. The number of carbonyl (C=O) groups is 9. The maximum atomic E-state index is 13.1. The van der Waals surface area contributed by atoms with Crippen molar-refractivity contribution in [2.75, 3.05) is 37.2 Å². The second-order valence-electron chi connectivity index (χ2n) is 15.7. The minimum atomic E-state index is -0.774. The largest absolute Gasteiger partial charge is 0.356 e. The van der Waals surface area contributed by atoms with Crippen LogP contribution in [0, 0.1) is 11.8 Å². The lowest BCUT2D eigenvalue weighted by molar-refractivity contribution is -0.139. The number of hydrogen-bond acceptors (Lipinski definition) is 10. The second-order valence-corrected chi connectivity index (χ2v) is 17.0. The molecule has 3 heterocycles. The maximum absolute atomic E-state index is 13.1. The highest BCUT2D eigenvalue weighted by Crippen LogP contribution is 2.29. The number of unbranched alkanes of at least 4 members (excludes halogenated alkanes) is 4. The Morgan fingerprint density at radius 3 is 2.22 bits per heavy atom. The lowest BCUT2D eigenvalue weighted by Crippen LogP contribution is -2.50. The molecule has 1 aliphatic carbocycles. The highest BCUT2D eigenvalue weighted by atomic mass is 32.2. The molecule has 0 aromatic heterocycles. The summed E-state index contributed by atoms with van der Waals surface area (Å²) in [5.41, 5.74) is 0.619. The fraction of sp³-hybridized carbons (Fsp3) is 0.595. The quantitative estimate of drug-likeness (QED) is 0.0801. The third-order valence-electron chi connectivity index (χ3n) is 11.3. The predicted octanol–water partition coefficient (Wildman–Crippen LogP) is 2.33. The Morgan fingerprint density at radius 2 is 1.51 bits per heavy atom. The third kappa shape index (κ3) is 14.0. The first kappa shape index (κ1) is 45.0. The van der Waals surface area contributed by atoms with Crippen LogP contribution in [-0.2, 0) is 43.2 Å². The van der Waals surface area contributed by atoms with Crippen molar-refractivity contribution in [2.24, 2.45) is 11.8 Å². The van der Waals surface area contributed by atoms with Gasteiger partial charge in [-0.2, -0.15) is 0 Å². The van der Waals surface area contributed by atoms with Crippen molar-refractivity contribution in [1.82, 2.24) is 31.1 Å². The number of benzene rings is 1. The average Bonchev–Trinajstić information content (AvgIpc) is 3.89. The lowest BCUT2D eigenvalue weighted by Gasteiger charge is -2.28. The van der Waals surface area contributed by atoms with E-state index in [-0.39, 0.29) is 85.0 Å². The van der Waals surface area contributed by atoms with Gasteiger partial charge in [-0.05, 0) is 81.6 Å². The topological polar surface area (TPSA) is 220 Å². The Kier molecular flexibility index (Phi) is 17.5. The van der Waals surface area contributed by atoms with Gasteiger partial charge in [0.1, 0.15) is 12.1 Å². The van der Waals surface area contributed by atoms with Gasteiger partial charge in [-0.3, -0.25) is 53.0 Å². The lowest BCUT2D eigenvalue weighted by atomic mass is 9.81. The van der Waals surface area contributed by atoms with E-state index >= 15 is 0 Å². The fourth-order valence-corrected chi connectivity index (χ4v) is 8.95. The third-order valence-corrected chi connectivity index (χ3v) is 12.6. The van der Waals surface area contributed by atoms with Crippen molar-refractivity contribution in [3.05, 3.63) is 42.5 Å². The van der Waals surface area contributed by atoms with Gasteiger partial charge in [0, 0.05) is 69.2 Å². The smallest absolute Gasteiger partial charge is 0.253 e. The second kappa shape index (κ2) is 22.9. The van der Waals surface area contributed by atoms with Crippen molar-refractivity contribution in [3.63, 3.8) is 0 Å². The van der Waals surface area contributed by atoms with E-state index in [9.17, 15) is 43.2 Å². The molecule has 3 atom stereocenters. The molecular formula is C42H57N7O9S. The summed E-state index contributed by atoms with van der Waals surface area (Å²) in [5.74, 6) is -1.23. The summed E-state index contributed by atoms with van der Waals surface area (Å²) in [6, 6.07) is 7.56. The summed E-state index contributed by atoms with van der Waals surface area (Å²) in [5, 5.41) is 13.7. The van der Waals surface area contributed by atoms with Crippen molar-refractivity contribution in [3.8, 4) is 0 Å². The summed E-state index contributed by atoms with van der Waals surface area (Å²) >= 11 is 1.47. The monoisotopic (exact) mass is 835 g/mol. The van der Waals surface area contributed by atoms with E-state index in [0.717, 1.165) is 30.6 Å². The molecule has 9 amide bonds. The molecule has 4 aliphatic rings. The molecule has 3 fully saturated rings. The molecular weight excluding hydrogens is 779 g/mol. The van der Waals surface area contributed by atoms with E-state index in [2.05, 4.69) is 26.6 Å². The van der Waals surface area contributed by atoms with Crippen LogP contribution in [0.3, 0.4) is 0 Å². The number of likely N-dealkylation sites (tertiary alicyclic amines) is 1. The number of rotatable bonds is 23. The van der Waals surface area contributed by atoms with Gasteiger partial charge in [-0.15, -0.1) is 11.8 Å². The molecule has 3 aliphatic heterocycles. The van der Waals surface area contributed by atoms with Crippen LogP contribution in [0.2, 0.25) is 0 Å².